The molecule has 0 aliphatic carbocycles. The van der Waals surface area contributed by atoms with Crippen LogP contribution in [0.5, 0.6) is 17.2 Å². The molecule has 1 atom stereocenters. The highest BCUT2D eigenvalue weighted by molar-refractivity contribution is 7.99. The summed E-state index contributed by atoms with van der Waals surface area (Å²) in [5, 5.41) is 2.91. The zero-order chi connectivity index (χ0) is 19.1. The molecule has 8 heteroatoms. The fraction of sp³-hybridized carbons (Fsp3) is 0.556. The van der Waals surface area contributed by atoms with Crippen LogP contribution in [0.4, 0.5) is 0 Å². The number of thioether (sulfide) groups is 1. The summed E-state index contributed by atoms with van der Waals surface area (Å²) in [5.41, 5.74) is 0.397. The molecule has 1 fully saturated rings. The molecule has 1 aliphatic rings. The average Bonchev–Trinajstić information content (AvgIpc) is 3.16. The predicted molar refractivity (Wildman–Crippen MR) is 101 cm³/mol. The van der Waals surface area contributed by atoms with Gasteiger partial charge in [0.1, 0.15) is 6.04 Å². The summed E-state index contributed by atoms with van der Waals surface area (Å²) in [4.78, 5) is 27.0. The third-order valence-corrected chi connectivity index (χ3v) is 5.20. The number of ether oxygens (including phenoxy) is 3. The topological polar surface area (TPSA) is 77.1 Å². The van der Waals surface area contributed by atoms with E-state index in [1.54, 1.807) is 28.8 Å². The lowest BCUT2D eigenvalue weighted by Crippen LogP contribution is -2.47. The van der Waals surface area contributed by atoms with Crippen LogP contribution in [0, 0.1) is 0 Å². The molecule has 1 saturated heterocycles. The van der Waals surface area contributed by atoms with E-state index in [-0.39, 0.29) is 11.8 Å². The molecule has 0 bridgehead atoms. The van der Waals surface area contributed by atoms with E-state index in [4.69, 9.17) is 14.2 Å². The number of nitrogens with zero attached hydrogens (tertiary/aromatic N) is 1. The number of methoxy groups -OCH3 is 3. The van der Waals surface area contributed by atoms with Gasteiger partial charge in [0.2, 0.25) is 11.7 Å². The molecule has 0 aromatic heterocycles. The van der Waals surface area contributed by atoms with Crippen LogP contribution in [0.3, 0.4) is 0 Å². The van der Waals surface area contributed by atoms with Gasteiger partial charge in [-0.3, -0.25) is 9.59 Å². The van der Waals surface area contributed by atoms with Crippen LogP contribution in [0.15, 0.2) is 12.1 Å². The quantitative estimate of drug-likeness (QED) is 0.694. The minimum Gasteiger partial charge on any atom is -0.493 e. The molecule has 0 radical (unpaired) electrons. The molecule has 0 unspecified atom stereocenters. The molecule has 1 aromatic rings. The molecule has 1 N–H and O–H groups in total. The van der Waals surface area contributed by atoms with Gasteiger partial charge in [-0.15, -0.1) is 11.8 Å². The molecule has 0 spiro atoms. The zero-order valence-corrected chi connectivity index (χ0v) is 16.5. The molecule has 26 heavy (non-hydrogen) atoms. The van der Waals surface area contributed by atoms with E-state index in [9.17, 15) is 9.59 Å². The van der Waals surface area contributed by atoms with Crippen LogP contribution < -0.4 is 19.5 Å². The molecule has 1 aromatic carbocycles. The number of unbranched alkanes of at least 4 members (excludes halogenated alkanes) is 1. The summed E-state index contributed by atoms with van der Waals surface area (Å²) in [6, 6.07) is 2.75. The van der Waals surface area contributed by atoms with E-state index < -0.39 is 6.04 Å². The molecule has 2 amide bonds. The number of amides is 2. The molecule has 2 rings (SSSR count). The predicted octanol–water partition coefficient (Wildman–Crippen LogP) is 2.14. The second-order valence-electron chi connectivity index (χ2n) is 5.85. The molecular weight excluding hydrogens is 356 g/mol. The van der Waals surface area contributed by atoms with E-state index >= 15 is 0 Å². The van der Waals surface area contributed by atoms with Gasteiger partial charge in [0, 0.05) is 17.9 Å². The summed E-state index contributed by atoms with van der Waals surface area (Å²) in [6.45, 7) is 2.70. The summed E-state index contributed by atoms with van der Waals surface area (Å²) in [5.74, 6) is 1.97. The second kappa shape index (κ2) is 9.56. The number of benzene rings is 1. The number of carbonyl (C=O) groups is 2. The highest BCUT2D eigenvalue weighted by Crippen LogP contribution is 2.39. The van der Waals surface area contributed by atoms with Crippen LogP contribution in [0.25, 0.3) is 0 Å². The van der Waals surface area contributed by atoms with Crippen LogP contribution in [-0.4, -0.2) is 62.3 Å². The number of carbonyl (C=O) groups excluding carboxylic acids is 2. The van der Waals surface area contributed by atoms with Gasteiger partial charge in [-0.05, 0) is 18.6 Å². The Morgan fingerprint density at radius 2 is 1.85 bits per heavy atom. The van der Waals surface area contributed by atoms with Crippen molar-refractivity contribution in [2.75, 3.05) is 39.5 Å². The Morgan fingerprint density at radius 3 is 2.38 bits per heavy atom. The summed E-state index contributed by atoms with van der Waals surface area (Å²) < 4.78 is 15.9. The SMILES string of the molecule is CCCCNC(=O)[C@@H]1CSCN1C(=O)c1cc(OC)c(OC)c(OC)c1. The third-order valence-electron chi connectivity index (χ3n) is 4.19. The van der Waals surface area contributed by atoms with Crippen molar-refractivity contribution in [3.8, 4) is 17.2 Å². The third kappa shape index (κ3) is 4.35. The Balaban J connectivity index is 2.22. The van der Waals surface area contributed by atoms with Gasteiger partial charge in [0.25, 0.3) is 5.91 Å². The van der Waals surface area contributed by atoms with Gasteiger partial charge in [-0.1, -0.05) is 13.3 Å². The summed E-state index contributed by atoms with van der Waals surface area (Å²) >= 11 is 1.57. The van der Waals surface area contributed by atoms with Crippen molar-refractivity contribution >= 4 is 23.6 Å². The van der Waals surface area contributed by atoms with E-state index in [1.165, 1.54) is 21.3 Å². The lowest BCUT2D eigenvalue weighted by Gasteiger charge is -2.24. The Bertz CT molecular complexity index is 627. The maximum Gasteiger partial charge on any atom is 0.255 e. The van der Waals surface area contributed by atoms with Gasteiger partial charge in [-0.2, -0.15) is 0 Å². The summed E-state index contributed by atoms with van der Waals surface area (Å²) in [6.07, 6.45) is 1.93. The van der Waals surface area contributed by atoms with Crippen molar-refractivity contribution in [1.82, 2.24) is 10.2 Å². The van der Waals surface area contributed by atoms with Crippen molar-refractivity contribution in [1.29, 1.82) is 0 Å². The zero-order valence-electron chi connectivity index (χ0n) is 15.7. The molecule has 0 saturated carbocycles. The van der Waals surface area contributed by atoms with Crippen LogP contribution in [0.1, 0.15) is 30.1 Å². The Morgan fingerprint density at radius 1 is 1.19 bits per heavy atom. The lowest BCUT2D eigenvalue weighted by atomic mass is 10.1. The maximum absolute atomic E-state index is 13.0. The van der Waals surface area contributed by atoms with Crippen molar-refractivity contribution in [2.24, 2.45) is 0 Å². The first-order valence-corrected chi connectivity index (χ1v) is 9.69. The second-order valence-corrected chi connectivity index (χ2v) is 6.85. The van der Waals surface area contributed by atoms with Crippen molar-refractivity contribution in [3.63, 3.8) is 0 Å². The first-order valence-electron chi connectivity index (χ1n) is 8.53. The van der Waals surface area contributed by atoms with E-state index in [1.807, 2.05) is 0 Å². The maximum atomic E-state index is 13.0. The number of nitrogens with one attached hydrogen (secondary N) is 1. The monoisotopic (exact) mass is 382 g/mol. The van der Waals surface area contributed by atoms with E-state index in [2.05, 4.69) is 12.2 Å². The highest BCUT2D eigenvalue weighted by atomic mass is 32.2. The van der Waals surface area contributed by atoms with Gasteiger partial charge < -0.3 is 24.4 Å². The number of hydrogen-bond donors (Lipinski definition) is 1. The van der Waals surface area contributed by atoms with Crippen LogP contribution in [0.2, 0.25) is 0 Å². The smallest absolute Gasteiger partial charge is 0.255 e. The fourth-order valence-electron chi connectivity index (χ4n) is 2.74. The van der Waals surface area contributed by atoms with Crippen molar-refractivity contribution in [2.45, 2.75) is 25.8 Å². The van der Waals surface area contributed by atoms with Gasteiger partial charge >= 0.3 is 0 Å². The van der Waals surface area contributed by atoms with Crippen molar-refractivity contribution in [3.05, 3.63) is 17.7 Å². The molecule has 7 nitrogen and oxygen atoms in total. The summed E-state index contributed by atoms with van der Waals surface area (Å²) in [7, 11) is 4.51. The Hall–Kier alpha value is -2.09. The number of hydrogen-bond acceptors (Lipinski definition) is 6. The van der Waals surface area contributed by atoms with Crippen molar-refractivity contribution < 1.29 is 23.8 Å². The Kier molecular flexibility index (Phi) is 7.44. The first-order chi connectivity index (χ1) is 12.6. The largest absolute Gasteiger partial charge is 0.493 e. The minimum atomic E-state index is -0.469. The molecule has 1 aliphatic heterocycles. The average molecular weight is 382 g/mol. The highest BCUT2D eigenvalue weighted by Gasteiger charge is 2.35. The fourth-order valence-corrected chi connectivity index (χ4v) is 3.89. The molecule has 144 valence electrons. The van der Waals surface area contributed by atoms with E-state index in [0.717, 1.165) is 12.8 Å². The van der Waals surface area contributed by atoms with Crippen LogP contribution >= 0.6 is 11.8 Å². The van der Waals surface area contributed by atoms with Crippen LogP contribution in [-0.2, 0) is 4.79 Å². The Labute approximate surface area is 158 Å². The van der Waals surface area contributed by atoms with Gasteiger partial charge in [-0.25, -0.2) is 0 Å². The molecular formula is C18H26N2O5S. The minimum absolute atomic E-state index is 0.107. The number of rotatable bonds is 8. The van der Waals surface area contributed by atoms with Gasteiger partial charge in [0.15, 0.2) is 11.5 Å². The normalized spacial score (nSPS) is 16.3. The van der Waals surface area contributed by atoms with Gasteiger partial charge in [0.05, 0.1) is 27.2 Å². The van der Waals surface area contributed by atoms with E-state index in [0.29, 0.717) is 41.0 Å². The standard InChI is InChI=1S/C18H26N2O5S/c1-5-6-7-19-17(21)13-10-26-11-20(13)18(22)12-8-14(23-2)16(25-4)15(9-12)24-3/h8-9,13H,5-7,10-11H2,1-4H3,(H,19,21)/t13-/m0/s1. The molecule has 1 heterocycles. The lowest BCUT2D eigenvalue weighted by molar-refractivity contribution is -0.124. The first kappa shape index (κ1) is 20.2.